The maximum Gasteiger partial charge on any atom is 0.256 e. The van der Waals surface area contributed by atoms with Crippen LogP contribution in [0, 0.1) is 0 Å². The molecule has 1 aliphatic heterocycles. The van der Waals surface area contributed by atoms with Crippen molar-refractivity contribution in [1.29, 1.82) is 0 Å². The highest BCUT2D eigenvalue weighted by molar-refractivity contribution is 5.91. The Morgan fingerprint density at radius 3 is 3.05 bits per heavy atom. The fraction of sp³-hybridized carbons (Fsp3) is 0.188. The van der Waals surface area contributed by atoms with Gasteiger partial charge in [0.25, 0.3) is 5.56 Å². The lowest BCUT2D eigenvalue weighted by Crippen LogP contribution is -2.24. The van der Waals surface area contributed by atoms with E-state index in [1.165, 1.54) is 0 Å². The molecular weight excluding hydrogens is 266 g/mol. The van der Waals surface area contributed by atoms with E-state index in [-0.39, 0.29) is 5.56 Å². The van der Waals surface area contributed by atoms with E-state index in [2.05, 4.69) is 15.0 Å². The van der Waals surface area contributed by atoms with Gasteiger partial charge < -0.3 is 9.72 Å². The minimum absolute atomic E-state index is 0.123. The van der Waals surface area contributed by atoms with Gasteiger partial charge in [-0.3, -0.25) is 9.78 Å². The third kappa shape index (κ3) is 2.02. The zero-order valence-electron chi connectivity index (χ0n) is 11.3. The van der Waals surface area contributed by atoms with E-state index < -0.39 is 0 Å². The van der Waals surface area contributed by atoms with Gasteiger partial charge in [0, 0.05) is 23.6 Å². The topological polar surface area (TPSA) is 67.9 Å². The summed E-state index contributed by atoms with van der Waals surface area (Å²) in [6.07, 6.45) is 2.42. The van der Waals surface area contributed by atoms with Crippen molar-refractivity contribution in [1.82, 2.24) is 15.0 Å². The summed E-state index contributed by atoms with van der Waals surface area (Å²) < 4.78 is 5.32. The second-order valence-corrected chi connectivity index (χ2v) is 5.02. The van der Waals surface area contributed by atoms with Gasteiger partial charge in [0.1, 0.15) is 5.82 Å². The monoisotopic (exact) mass is 279 g/mol. The first-order chi connectivity index (χ1) is 10.3. The molecule has 3 aromatic rings. The number of benzene rings is 1. The van der Waals surface area contributed by atoms with Crippen LogP contribution in [0.5, 0.6) is 0 Å². The van der Waals surface area contributed by atoms with Gasteiger partial charge in [-0.25, -0.2) is 4.98 Å². The Morgan fingerprint density at radius 2 is 2.10 bits per heavy atom. The van der Waals surface area contributed by atoms with Gasteiger partial charge in [-0.2, -0.15) is 0 Å². The Hall–Kier alpha value is -2.53. The predicted octanol–water partition coefficient (Wildman–Crippen LogP) is 2.06. The molecule has 104 valence electrons. The largest absolute Gasteiger partial charge is 0.376 e. The van der Waals surface area contributed by atoms with Crippen molar-refractivity contribution in [3.63, 3.8) is 0 Å². The average Bonchev–Trinajstić information content (AvgIpc) is 2.54. The quantitative estimate of drug-likeness (QED) is 0.740. The number of rotatable bonds is 1. The first-order valence-corrected chi connectivity index (χ1v) is 6.87. The Labute approximate surface area is 120 Å². The number of H-pyrrole nitrogens is 1. The molecule has 0 aliphatic carbocycles. The van der Waals surface area contributed by atoms with Gasteiger partial charge in [0.05, 0.1) is 30.0 Å². The van der Waals surface area contributed by atoms with Gasteiger partial charge in [-0.15, -0.1) is 0 Å². The molecule has 2 aromatic heterocycles. The van der Waals surface area contributed by atoms with Gasteiger partial charge >= 0.3 is 0 Å². The lowest BCUT2D eigenvalue weighted by atomic mass is 10.1. The van der Waals surface area contributed by atoms with E-state index in [9.17, 15) is 4.79 Å². The van der Waals surface area contributed by atoms with Crippen LogP contribution in [0.4, 0.5) is 0 Å². The molecule has 3 heterocycles. The number of nitrogens with one attached hydrogen (secondary N) is 1. The number of aromatic amines is 1. The number of pyridine rings is 1. The third-order valence-corrected chi connectivity index (χ3v) is 3.72. The highest BCUT2D eigenvalue weighted by Gasteiger charge is 2.17. The number of nitrogens with zero attached hydrogens (tertiary/aromatic N) is 2. The van der Waals surface area contributed by atoms with E-state index >= 15 is 0 Å². The Bertz CT molecular complexity index is 881. The third-order valence-electron chi connectivity index (χ3n) is 3.72. The number of fused-ring (bicyclic) bond motifs is 2. The van der Waals surface area contributed by atoms with Gasteiger partial charge in [0.2, 0.25) is 0 Å². The van der Waals surface area contributed by atoms with Crippen LogP contribution in [0.1, 0.15) is 11.3 Å². The molecule has 1 aromatic carbocycles. The second kappa shape index (κ2) is 4.79. The summed E-state index contributed by atoms with van der Waals surface area (Å²) in [4.78, 5) is 24.1. The predicted molar refractivity (Wildman–Crippen MR) is 79.0 cm³/mol. The van der Waals surface area contributed by atoms with Crippen molar-refractivity contribution in [2.75, 3.05) is 6.61 Å². The first-order valence-electron chi connectivity index (χ1n) is 6.87. The van der Waals surface area contributed by atoms with E-state index in [1.807, 2.05) is 30.3 Å². The zero-order chi connectivity index (χ0) is 14.2. The summed E-state index contributed by atoms with van der Waals surface area (Å²) in [6.45, 7) is 0.947. The molecule has 5 nitrogen and oxygen atoms in total. The molecule has 0 spiro atoms. The minimum atomic E-state index is -0.123. The van der Waals surface area contributed by atoms with Crippen LogP contribution in [0.3, 0.4) is 0 Å². The summed E-state index contributed by atoms with van der Waals surface area (Å²) in [7, 11) is 0. The van der Waals surface area contributed by atoms with E-state index in [0.29, 0.717) is 31.0 Å². The van der Waals surface area contributed by atoms with E-state index in [4.69, 9.17) is 4.74 Å². The van der Waals surface area contributed by atoms with Crippen molar-refractivity contribution >= 4 is 10.9 Å². The van der Waals surface area contributed by atoms with Crippen LogP contribution in [0.15, 0.2) is 41.3 Å². The lowest BCUT2D eigenvalue weighted by molar-refractivity contribution is 0.108. The standard InChI is InChI=1S/C16H13N3O2/c20-16-12-9-21-8-6-13(12)18-15(19-16)11-5-1-3-10-4-2-7-17-14(10)11/h1-5,7H,6,8-9H2,(H,18,19,20). The lowest BCUT2D eigenvalue weighted by Gasteiger charge is -2.15. The zero-order valence-corrected chi connectivity index (χ0v) is 11.3. The SMILES string of the molecule is O=c1[nH]c(-c2cccc3cccnc23)nc2c1COCC2. The van der Waals surface area contributed by atoms with Crippen LogP contribution in [-0.4, -0.2) is 21.6 Å². The summed E-state index contributed by atoms with van der Waals surface area (Å²) in [5.41, 5.74) is 3.03. The summed E-state index contributed by atoms with van der Waals surface area (Å²) in [6, 6.07) is 9.76. The highest BCUT2D eigenvalue weighted by Crippen LogP contribution is 2.24. The molecule has 0 saturated heterocycles. The summed E-state index contributed by atoms with van der Waals surface area (Å²) in [5, 5.41) is 1.03. The molecule has 5 heteroatoms. The van der Waals surface area contributed by atoms with E-state index in [0.717, 1.165) is 22.2 Å². The molecule has 21 heavy (non-hydrogen) atoms. The summed E-state index contributed by atoms with van der Waals surface area (Å²) >= 11 is 0. The molecule has 0 bridgehead atoms. The molecule has 1 N–H and O–H groups in total. The van der Waals surface area contributed by atoms with Crippen LogP contribution < -0.4 is 5.56 Å². The van der Waals surface area contributed by atoms with Gasteiger partial charge in [0.15, 0.2) is 0 Å². The van der Waals surface area contributed by atoms with Crippen LogP contribution >= 0.6 is 0 Å². The minimum Gasteiger partial charge on any atom is -0.376 e. The van der Waals surface area contributed by atoms with Crippen molar-refractivity contribution in [3.8, 4) is 11.4 Å². The second-order valence-electron chi connectivity index (χ2n) is 5.02. The van der Waals surface area contributed by atoms with Gasteiger partial charge in [-0.05, 0) is 12.1 Å². The van der Waals surface area contributed by atoms with Crippen LogP contribution in [0.2, 0.25) is 0 Å². The van der Waals surface area contributed by atoms with E-state index in [1.54, 1.807) is 6.20 Å². The number of hydrogen-bond donors (Lipinski definition) is 1. The van der Waals surface area contributed by atoms with Crippen molar-refractivity contribution in [2.24, 2.45) is 0 Å². The molecule has 0 atom stereocenters. The molecule has 4 rings (SSSR count). The number of aromatic nitrogens is 3. The molecule has 0 amide bonds. The smallest absolute Gasteiger partial charge is 0.256 e. The molecule has 0 saturated carbocycles. The first kappa shape index (κ1) is 12.2. The molecular formula is C16H13N3O2. The molecule has 0 fully saturated rings. The van der Waals surface area contributed by atoms with Crippen LogP contribution in [0.25, 0.3) is 22.3 Å². The molecule has 0 radical (unpaired) electrons. The fourth-order valence-electron chi connectivity index (χ4n) is 2.67. The number of para-hydroxylation sites is 1. The van der Waals surface area contributed by atoms with Gasteiger partial charge in [-0.1, -0.05) is 18.2 Å². The number of hydrogen-bond acceptors (Lipinski definition) is 4. The normalized spacial score (nSPS) is 14.1. The average molecular weight is 279 g/mol. The Kier molecular flexibility index (Phi) is 2.79. The summed E-state index contributed by atoms with van der Waals surface area (Å²) in [5.74, 6) is 0.574. The Balaban J connectivity index is 1.97. The molecule has 0 unspecified atom stereocenters. The fourth-order valence-corrected chi connectivity index (χ4v) is 2.67. The van der Waals surface area contributed by atoms with Crippen molar-refractivity contribution < 1.29 is 4.74 Å². The Morgan fingerprint density at radius 1 is 1.19 bits per heavy atom. The van der Waals surface area contributed by atoms with Crippen molar-refractivity contribution in [2.45, 2.75) is 13.0 Å². The number of ether oxygens (including phenoxy) is 1. The maximum absolute atomic E-state index is 12.2. The van der Waals surface area contributed by atoms with Crippen molar-refractivity contribution in [3.05, 3.63) is 58.1 Å². The molecule has 1 aliphatic rings. The maximum atomic E-state index is 12.2. The highest BCUT2D eigenvalue weighted by atomic mass is 16.5. The van der Waals surface area contributed by atoms with Crippen LogP contribution in [-0.2, 0) is 17.8 Å².